The number of nitrogens with zero attached hydrogens (tertiary/aromatic N) is 3. The van der Waals surface area contributed by atoms with Crippen LogP contribution >= 0.6 is 27.5 Å². The van der Waals surface area contributed by atoms with E-state index in [2.05, 4.69) is 31.1 Å². The van der Waals surface area contributed by atoms with Crippen LogP contribution < -0.4 is 4.31 Å². The zero-order valence-electron chi connectivity index (χ0n) is 17.7. The van der Waals surface area contributed by atoms with Gasteiger partial charge in [-0.2, -0.15) is 0 Å². The molecule has 34 heavy (non-hydrogen) atoms. The second-order valence-corrected chi connectivity index (χ2v) is 10.6. The lowest BCUT2D eigenvalue weighted by Crippen LogP contribution is -2.35. The highest BCUT2D eigenvalue weighted by molar-refractivity contribution is 9.10. The van der Waals surface area contributed by atoms with Gasteiger partial charge >= 0.3 is 0 Å². The number of carbonyl (C=O) groups excluding carboxylic acids is 1. The summed E-state index contributed by atoms with van der Waals surface area (Å²) in [6, 6.07) is 17.6. The van der Waals surface area contributed by atoms with Crippen LogP contribution in [0.25, 0.3) is 10.9 Å². The maximum Gasteiger partial charge on any atom is 0.285 e. The number of aryl methyl sites for hydroxylation is 1. The van der Waals surface area contributed by atoms with Crippen molar-refractivity contribution in [2.45, 2.75) is 11.8 Å². The summed E-state index contributed by atoms with van der Waals surface area (Å²) in [5.41, 5.74) is 1.91. The summed E-state index contributed by atoms with van der Waals surface area (Å²) >= 11 is 9.25. The Balaban J connectivity index is 1.67. The third-order valence-corrected chi connectivity index (χ3v) is 7.51. The average Bonchev–Trinajstić information content (AvgIpc) is 3.11. The summed E-state index contributed by atoms with van der Waals surface area (Å²) in [5, 5.41) is 18.7. The Morgan fingerprint density at radius 2 is 1.76 bits per heavy atom. The van der Waals surface area contributed by atoms with Crippen molar-refractivity contribution in [3.05, 3.63) is 81.8 Å². The predicted octanol–water partition coefficient (Wildman–Crippen LogP) is 6.10. The van der Waals surface area contributed by atoms with Crippen LogP contribution in [0.15, 0.2) is 86.3 Å². The molecule has 0 atom stereocenters. The number of fused-ring (bicyclic) bond motifs is 1. The first-order valence-corrected chi connectivity index (χ1v) is 12.6. The Hall–Kier alpha value is -3.21. The molecule has 0 radical (unpaired) electrons. The van der Waals surface area contributed by atoms with Crippen molar-refractivity contribution in [3.8, 4) is 5.88 Å². The molecule has 0 unspecified atom stereocenters. The molecule has 1 aromatic heterocycles. The van der Waals surface area contributed by atoms with E-state index in [0.717, 1.165) is 14.3 Å². The highest BCUT2D eigenvalue weighted by Crippen LogP contribution is 2.37. The van der Waals surface area contributed by atoms with Crippen LogP contribution in [0.5, 0.6) is 5.88 Å². The van der Waals surface area contributed by atoms with E-state index in [1.165, 1.54) is 24.3 Å². The molecule has 8 nitrogen and oxygen atoms in total. The number of aromatic nitrogens is 1. The lowest BCUT2D eigenvalue weighted by Gasteiger charge is -2.23. The highest BCUT2D eigenvalue weighted by atomic mass is 79.9. The second-order valence-electron chi connectivity index (χ2n) is 7.41. The number of benzene rings is 3. The molecule has 1 amide bonds. The minimum absolute atomic E-state index is 0.0265. The average molecular weight is 562 g/mol. The van der Waals surface area contributed by atoms with Crippen molar-refractivity contribution >= 4 is 65.7 Å². The minimum Gasteiger partial charge on any atom is -0.493 e. The summed E-state index contributed by atoms with van der Waals surface area (Å²) in [6.45, 7) is 1.28. The van der Waals surface area contributed by atoms with Gasteiger partial charge in [0.1, 0.15) is 6.54 Å². The van der Waals surface area contributed by atoms with E-state index in [1.54, 1.807) is 42.5 Å². The van der Waals surface area contributed by atoms with E-state index in [4.69, 9.17) is 11.6 Å². The van der Waals surface area contributed by atoms with Gasteiger partial charge in [0, 0.05) is 14.9 Å². The molecule has 0 bridgehead atoms. The molecule has 4 rings (SSSR count). The quantitative estimate of drug-likeness (QED) is 0.277. The van der Waals surface area contributed by atoms with Crippen molar-refractivity contribution < 1.29 is 18.3 Å². The molecule has 0 saturated heterocycles. The van der Waals surface area contributed by atoms with Gasteiger partial charge in [-0.25, -0.2) is 8.42 Å². The Bertz CT molecular complexity index is 1500. The van der Waals surface area contributed by atoms with Gasteiger partial charge < -0.3 is 10.1 Å². The van der Waals surface area contributed by atoms with Crippen molar-refractivity contribution in [2.24, 2.45) is 10.2 Å². The number of amides is 1. The largest absolute Gasteiger partial charge is 0.493 e. The number of carbonyl (C=O) groups is 1. The van der Waals surface area contributed by atoms with Gasteiger partial charge in [0.15, 0.2) is 5.69 Å². The first-order valence-electron chi connectivity index (χ1n) is 9.95. The van der Waals surface area contributed by atoms with Gasteiger partial charge in [0.25, 0.3) is 15.9 Å². The number of nitrogens with one attached hydrogen (secondary N) is 1. The number of aromatic amines is 1. The first kappa shape index (κ1) is 23.9. The number of azo groups is 1. The van der Waals surface area contributed by atoms with Crippen LogP contribution in [0.1, 0.15) is 5.56 Å². The molecule has 0 fully saturated rings. The zero-order chi connectivity index (χ0) is 24.5. The molecular weight excluding hydrogens is 544 g/mol. The lowest BCUT2D eigenvalue weighted by atomic mass is 10.2. The first-order chi connectivity index (χ1) is 16.1. The summed E-state index contributed by atoms with van der Waals surface area (Å²) in [6.07, 6.45) is 0. The molecule has 0 spiro atoms. The van der Waals surface area contributed by atoms with Gasteiger partial charge in [-0.05, 0) is 61.5 Å². The fourth-order valence-electron chi connectivity index (χ4n) is 3.26. The summed E-state index contributed by atoms with van der Waals surface area (Å²) < 4.78 is 28.5. The molecule has 174 valence electrons. The second kappa shape index (κ2) is 9.57. The number of sulfonamides is 1. The van der Waals surface area contributed by atoms with E-state index in [-0.39, 0.29) is 16.5 Å². The molecule has 2 N–H and O–H groups in total. The Morgan fingerprint density at radius 3 is 2.44 bits per heavy atom. The number of rotatable bonds is 6. The Kier molecular flexibility index (Phi) is 6.74. The maximum absolute atomic E-state index is 13.4. The van der Waals surface area contributed by atoms with Gasteiger partial charge in [0.05, 0.1) is 16.1 Å². The van der Waals surface area contributed by atoms with E-state index in [9.17, 15) is 18.3 Å². The Labute approximate surface area is 209 Å². The molecule has 0 aliphatic carbocycles. The van der Waals surface area contributed by atoms with Crippen LogP contribution in [-0.4, -0.2) is 31.0 Å². The molecular formula is C23H18BrClN4O4S. The summed E-state index contributed by atoms with van der Waals surface area (Å²) in [4.78, 5) is 15.5. The van der Waals surface area contributed by atoms with E-state index < -0.39 is 22.5 Å². The number of anilines is 1. The van der Waals surface area contributed by atoms with Crippen LogP contribution in [0.4, 0.5) is 11.4 Å². The summed E-state index contributed by atoms with van der Waals surface area (Å²) in [5.74, 6) is -1.07. The van der Waals surface area contributed by atoms with Gasteiger partial charge in [-0.3, -0.25) is 9.10 Å². The number of halogens is 2. The third kappa shape index (κ3) is 4.98. The highest BCUT2D eigenvalue weighted by Gasteiger charge is 2.27. The van der Waals surface area contributed by atoms with Crippen LogP contribution in [0.2, 0.25) is 5.02 Å². The lowest BCUT2D eigenvalue weighted by molar-refractivity contribution is -0.116. The predicted molar refractivity (Wildman–Crippen MR) is 134 cm³/mol. The number of aromatic hydroxyl groups is 1. The van der Waals surface area contributed by atoms with E-state index in [0.29, 0.717) is 21.6 Å². The monoisotopic (exact) mass is 560 g/mol. The van der Waals surface area contributed by atoms with Crippen LogP contribution in [0, 0.1) is 6.92 Å². The molecule has 4 aromatic rings. The number of hydrogen-bond acceptors (Lipinski definition) is 5. The molecule has 0 saturated carbocycles. The zero-order valence-corrected chi connectivity index (χ0v) is 20.9. The molecule has 0 aliphatic rings. The smallest absolute Gasteiger partial charge is 0.285 e. The van der Waals surface area contributed by atoms with E-state index >= 15 is 0 Å². The molecule has 0 aliphatic heterocycles. The number of H-pyrrole nitrogens is 1. The third-order valence-electron chi connectivity index (χ3n) is 4.98. The van der Waals surface area contributed by atoms with E-state index in [1.807, 2.05) is 6.92 Å². The maximum atomic E-state index is 13.4. The SMILES string of the molecule is Cc1ccc(N(CC(=O)N=Nc2c(O)[nH]c3ccc(Br)cc23)S(=O)(=O)c2ccc(Cl)cc2)cc1. The summed E-state index contributed by atoms with van der Waals surface area (Å²) in [7, 11) is -4.11. The topological polar surface area (TPSA) is 115 Å². The van der Waals surface area contributed by atoms with Gasteiger partial charge in [0.2, 0.25) is 5.88 Å². The fraction of sp³-hybridized carbons (Fsp3) is 0.0870. The Morgan fingerprint density at radius 1 is 1.09 bits per heavy atom. The van der Waals surface area contributed by atoms with Crippen molar-refractivity contribution in [2.75, 3.05) is 10.8 Å². The van der Waals surface area contributed by atoms with Crippen molar-refractivity contribution in [1.29, 1.82) is 0 Å². The normalized spacial score (nSPS) is 11.9. The number of hydrogen-bond donors (Lipinski definition) is 2. The molecule has 1 heterocycles. The van der Waals surface area contributed by atoms with Crippen molar-refractivity contribution in [1.82, 2.24) is 4.98 Å². The van der Waals surface area contributed by atoms with Crippen LogP contribution in [0.3, 0.4) is 0 Å². The van der Waals surface area contributed by atoms with Gasteiger partial charge in [-0.15, -0.1) is 10.2 Å². The van der Waals surface area contributed by atoms with Crippen molar-refractivity contribution in [3.63, 3.8) is 0 Å². The van der Waals surface area contributed by atoms with Crippen LogP contribution in [-0.2, 0) is 14.8 Å². The standard InChI is InChI=1S/C23H18BrClN4O4S/c1-14-2-7-17(8-3-14)29(34(32,33)18-9-5-16(25)6-10-18)13-21(30)27-28-22-19-12-15(24)4-11-20(19)26-23(22)31/h2-12,26,31H,13H2,1H3. The molecule has 11 heteroatoms. The fourth-order valence-corrected chi connectivity index (χ4v) is 5.16. The van der Waals surface area contributed by atoms with Gasteiger partial charge in [-0.1, -0.05) is 45.2 Å². The molecule has 3 aromatic carbocycles. The minimum atomic E-state index is -4.11.